The van der Waals surface area contributed by atoms with Crippen LogP contribution in [0.15, 0.2) is 30.0 Å². The van der Waals surface area contributed by atoms with E-state index in [0.717, 1.165) is 12.3 Å². The molecular formula is C21H29N. The molecule has 1 nitrogen and oxygen atoms in total. The van der Waals surface area contributed by atoms with Gasteiger partial charge in [0.05, 0.1) is 0 Å². The fraction of sp³-hybridized carbons (Fsp3) is 0.619. The summed E-state index contributed by atoms with van der Waals surface area (Å²) >= 11 is 0. The van der Waals surface area contributed by atoms with Gasteiger partial charge in [0.15, 0.2) is 0 Å². The Morgan fingerprint density at radius 2 is 1.86 bits per heavy atom. The number of hydrogen-bond acceptors (Lipinski definition) is 1. The van der Waals surface area contributed by atoms with Gasteiger partial charge in [0.2, 0.25) is 0 Å². The van der Waals surface area contributed by atoms with E-state index in [1.807, 2.05) is 0 Å². The third-order valence-corrected chi connectivity index (χ3v) is 6.29. The van der Waals surface area contributed by atoms with Crippen LogP contribution in [0.4, 0.5) is 5.69 Å². The molecule has 1 aromatic carbocycles. The molecular weight excluding hydrogens is 266 g/mol. The van der Waals surface area contributed by atoms with Crippen molar-refractivity contribution in [1.82, 2.24) is 0 Å². The van der Waals surface area contributed by atoms with Gasteiger partial charge in [-0.15, -0.1) is 0 Å². The lowest BCUT2D eigenvalue weighted by molar-refractivity contribution is 0.442. The molecule has 0 aromatic heterocycles. The molecule has 0 saturated heterocycles. The van der Waals surface area contributed by atoms with Gasteiger partial charge >= 0.3 is 0 Å². The van der Waals surface area contributed by atoms with E-state index < -0.39 is 0 Å². The lowest BCUT2D eigenvalue weighted by Gasteiger charge is -2.27. The second-order valence-electron chi connectivity index (χ2n) is 7.58. The molecule has 1 heteroatoms. The lowest BCUT2D eigenvalue weighted by Crippen LogP contribution is -2.22. The van der Waals surface area contributed by atoms with Gasteiger partial charge < -0.3 is 5.32 Å². The summed E-state index contributed by atoms with van der Waals surface area (Å²) in [5, 5.41) is 3.76. The topological polar surface area (TPSA) is 12.0 Å². The maximum Gasteiger partial charge on any atom is 0.0424 e. The molecule has 1 aliphatic heterocycles. The van der Waals surface area contributed by atoms with Gasteiger partial charge in [0, 0.05) is 16.8 Å². The Balaban J connectivity index is 1.73. The number of benzene rings is 1. The number of fused-ring (bicyclic) bond motifs is 2. The summed E-state index contributed by atoms with van der Waals surface area (Å²) < 4.78 is 0. The smallest absolute Gasteiger partial charge is 0.0424 e. The minimum absolute atomic E-state index is 0.329. The molecule has 1 aromatic rings. The first-order valence-corrected chi connectivity index (χ1v) is 9.45. The highest BCUT2D eigenvalue weighted by molar-refractivity contribution is 5.69. The Morgan fingerprint density at radius 1 is 1.09 bits per heavy atom. The zero-order valence-electron chi connectivity index (χ0n) is 14.0. The van der Waals surface area contributed by atoms with Gasteiger partial charge in [-0.2, -0.15) is 0 Å². The molecule has 0 bridgehead atoms. The minimum Gasteiger partial charge on any atom is -0.358 e. The van der Waals surface area contributed by atoms with Gasteiger partial charge in [-0.05, 0) is 55.2 Å². The van der Waals surface area contributed by atoms with Crippen molar-refractivity contribution in [3.8, 4) is 0 Å². The Kier molecular flexibility index (Phi) is 3.76. The van der Waals surface area contributed by atoms with Gasteiger partial charge in [-0.1, -0.05) is 57.2 Å². The van der Waals surface area contributed by atoms with Gasteiger partial charge in [-0.3, -0.25) is 0 Å². The predicted molar refractivity (Wildman–Crippen MR) is 94.4 cm³/mol. The highest BCUT2D eigenvalue weighted by Gasteiger charge is 2.45. The van der Waals surface area contributed by atoms with E-state index in [1.165, 1.54) is 69.2 Å². The van der Waals surface area contributed by atoms with Crippen molar-refractivity contribution < 1.29 is 0 Å². The summed E-state index contributed by atoms with van der Waals surface area (Å²) in [6, 6.07) is 7.36. The van der Waals surface area contributed by atoms with Crippen molar-refractivity contribution >= 4 is 5.69 Å². The van der Waals surface area contributed by atoms with Crippen LogP contribution in [0.1, 0.15) is 88.2 Å². The van der Waals surface area contributed by atoms with Crippen LogP contribution in [0.2, 0.25) is 0 Å². The summed E-state index contributed by atoms with van der Waals surface area (Å²) in [6.45, 7) is 2.26. The number of hydrogen-bond donors (Lipinski definition) is 1. The van der Waals surface area contributed by atoms with Crippen LogP contribution in [0.5, 0.6) is 0 Å². The minimum atomic E-state index is 0.329. The van der Waals surface area contributed by atoms with Crippen LogP contribution >= 0.6 is 0 Å². The number of anilines is 1. The van der Waals surface area contributed by atoms with Gasteiger partial charge in [-0.25, -0.2) is 0 Å². The molecule has 1 spiro atoms. The molecule has 22 heavy (non-hydrogen) atoms. The largest absolute Gasteiger partial charge is 0.358 e. The van der Waals surface area contributed by atoms with E-state index in [-0.39, 0.29) is 0 Å². The lowest BCUT2D eigenvalue weighted by atomic mass is 9.75. The predicted octanol–water partition coefficient (Wildman–Crippen LogP) is 6.27. The molecule has 0 atom stereocenters. The third kappa shape index (κ3) is 2.21. The molecule has 1 heterocycles. The van der Waals surface area contributed by atoms with Crippen LogP contribution in [-0.2, 0) is 5.41 Å². The summed E-state index contributed by atoms with van der Waals surface area (Å²) in [7, 11) is 0. The molecule has 2 saturated carbocycles. The zero-order valence-corrected chi connectivity index (χ0v) is 14.0. The molecule has 0 amide bonds. The summed E-state index contributed by atoms with van der Waals surface area (Å²) in [6.07, 6.45) is 16.1. The van der Waals surface area contributed by atoms with Crippen molar-refractivity contribution in [2.24, 2.45) is 0 Å². The van der Waals surface area contributed by atoms with Gasteiger partial charge in [0.1, 0.15) is 0 Å². The Bertz CT molecular complexity index is 572. The fourth-order valence-corrected chi connectivity index (χ4v) is 5.13. The average molecular weight is 295 g/mol. The normalized spacial score (nSPS) is 25.6. The number of allylic oxidation sites excluding steroid dienone is 2. The first kappa shape index (κ1) is 14.4. The van der Waals surface area contributed by atoms with E-state index in [9.17, 15) is 0 Å². The summed E-state index contributed by atoms with van der Waals surface area (Å²) in [4.78, 5) is 0. The molecule has 1 N–H and O–H groups in total. The number of rotatable bonds is 2. The third-order valence-electron chi connectivity index (χ3n) is 6.29. The van der Waals surface area contributed by atoms with E-state index >= 15 is 0 Å². The standard InChI is InChI=1S/C21H29N/c1-2-8-20-21(13-6-7-14-21)18-15-17(11-12-19(18)22-20)16-9-4-3-5-10-16/h8,11-12,15-16,22H,2-7,9-10,13-14H2,1H3/b20-8-. The number of nitrogens with one attached hydrogen (secondary N) is 1. The SMILES string of the molecule is CC/C=C1\Nc2ccc(C3CCCCC3)cc2C12CCCC2. The van der Waals surface area contributed by atoms with Crippen molar-refractivity contribution in [3.63, 3.8) is 0 Å². The van der Waals surface area contributed by atoms with Crippen molar-refractivity contribution in [2.45, 2.75) is 82.5 Å². The molecule has 4 rings (SSSR count). The summed E-state index contributed by atoms with van der Waals surface area (Å²) in [5.41, 5.74) is 6.46. The molecule has 0 unspecified atom stereocenters. The van der Waals surface area contributed by atoms with E-state index in [4.69, 9.17) is 0 Å². The molecule has 3 aliphatic rings. The summed E-state index contributed by atoms with van der Waals surface area (Å²) in [5.74, 6) is 0.816. The molecule has 118 valence electrons. The van der Waals surface area contributed by atoms with Crippen molar-refractivity contribution in [1.29, 1.82) is 0 Å². The fourth-order valence-electron chi connectivity index (χ4n) is 5.13. The second-order valence-corrected chi connectivity index (χ2v) is 7.58. The first-order valence-electron chi connectivity index (χ1n) is 9.45. The molecule has 2 fully saturated rings. The molecule has 0 radical (unpaired) electrons. The highest BCUT2D eigenvalue weighted by atomic mass is 15.0. The quantitative estimate of drug-likeness (QED) is 0.678. The van der Waals surface area contributed by atoms with Crippen LogP contribution in [0.3, 0.4) is 0 Å². The highest BCUT2D eigenvalue weighted by Crippen LogP contribution is 2.54. The van der Waals surface area contributed by atoms with Crippen LogP contribution in [0.25, 0.3) is 0 Å². The van der Waals surface area contributed by atoms with Crippen LogP contribution in [-0.4, -0.2) is 0 Å². The van der Waals surface area contributed by atoms with Crippen molar-refractivity contribution in [2.75, 3.05) is 5.32 Å². The van der Waals surface area contributed by atoms with Crippen molar-refractivity contribution in [3.05, 3.63) is 41.1 Å². The maximum atomic E-state index is 3.76. The van der Waals surface area contributed by atoms with Crippen LogP contribution < -0.4 is 5.32 Å². The average Bonchev–Trinajstić information content (AvgIpc) is 3.16. The maximum absolute atomic E-state index is 3.76. The molecule has 2 aliphatic carbocycles. The van der Waals surface area contributed by atoms with Crippen LogP contribution in [0, 0.1) is 0 Å². The van der Waals surface area contributed by atoms with E-state index in [2.05, 4.69) is 36.5 Å². The zero-order chi connectivity index (χ0) is 15.0. The monoisotopic (exact) mass is 295 g/mol. The first-order chi connectivity index (χ1) is 10.8. The van der Waals surface area contributed by atoms with E-state index in [0.29, 0.717) is 5.41 Å². The Hall–Kier alpha value is -1.24. The second kappa shape index (κ2) is 5.76. The van der Waals surface area contributed by atoms with Gasteiger partial charge in [0.25, 0.3) is 0 Å². The van der Waals surface area contributed by atoms with E-state index in [1.54, 1.807) is 11.1 Å². The Morgan fingerprint density at radius 3 is 2.59 bits per heavy atom. The Labute approximate surface area is 135 Å².